The molecule has 0 radical (unpaired) electrons. The minimum Gasteiger partial charge on any atom is -0.456 e. The molecular weight excluding hydrogens is 532 g/mol. The van der Waals surface area contributed by atoms with Crippen LogP contribution in [0.2, 0.25) is 0 Å². The summed E-state index contributed by atoms with van der Waals surface area (Å²) in [5.74, 6) is -2.89. The largest absolute Gasteiger partial charge is 0.456 e. The van der Waals surface area contributed by atoms with Crippen molar-refractivity contribution < 1.29 is 62.2 Å². The van der Waals surface area contributed by atoms with E-state index in [0.717, 1.165) is 26.3 Å². The van der Waals surface area contributed by atoms with Gasteiger partial charge in [-0.2, -0.15) is 0 Å². The summed E-state index contributed by atoms with van der Waals surface area (Å²) >= 11 is 0. The normalized spacial score (nSPS) is 33.9. The molecule has 2 saturated heterocycles. The highest BCUT2D eigenvalue weighted by Crippen LogP contribution is 2.34. The van der Waals surface area contributed by atoms with Crippen LogP contribution in [-0.2, 0) is 63.7 Å². The van der Waals surface area contributed by atoms with Gasteiger partial charge in [0, 0.05) is 27.7 Å². The first-order valence-electron chi connectivity index (χ1n) is 12.9. The van der Waals surface area contributed by atoms with Crippen molar-refractivity contribution in [2.75, 3.05) is 0 Å². The van der Waals surface area contributed by atoms with Crippen LogP contribution in [0.1, 0.15) is 47.1 Å². The van der Waals surface area contributed by atoms with Crippen LogP contribution in [-0.4, -0.2) is 90.4 Å². The highest BCUT2D eigenvalue weighted by atomic mass is 16.8. The molecule has 0 aromatic heterocycles. The first-order valence-corrected chi connectivity index (χ1v) is 12.9. The van der Waals surface area contributed by atoms with E-state index >= 15 is 0 Å². The predicted molar refractivity (Wildman–Crippen MR) is 133 cm³/mol. The number of hydrogen-bond acceptors (Lipinski definition) is 13. The standard InChI is InChI=1S/C27H36O13/c1-13-20(33-12-19-10-8-7-9-11-19)22(24(26(32)34-13)38-17(5)30)40-27-25(39-18(6)31)23(37-16(4)29)21(14(2)35-27)36-15(3)28/h7-11,13-14,20-27,32H,12H2,1-6H3/t13?,14?,20-,21-,22-,23-,24?,25?,26+,27-/m0/s1. The van der Waals surface area contributed by atoms with Crippen molar-refractivity contribution in [3.8, 4) is 0 Å². The Hall–Kier alpha value is -3.10. The number of benzene rings is 1. The van der Waals surface area contributed by atoms with Crippen molar-refractivity contribution in [2.24, 2.45) is 0 Å². The first-order chi connectivity index (χ1) is 18.9. The average Bonchev–Trinajstić information content (AvgIpc) is 2.85. The van der Waals surface area contributed by atoms with E-state index in [-0.39, 0.29) is 6.61 Å². The number of hydrogen-bond donors (Lipinski definition) is 1. The molecule has 10 atom stereocenters. The second-order valence-electron chi connectivity index (χ2n) is 9.60. The van der Waals surface area contributed by atoms with E-state index in [4.69, 9.17) is 37.9 Å². The summed E-state index contributed by atoms with van der Waals surface area (Å²) in [6.45, 7) is 7.93. The molecule has 1 aromatic rings. The second-order valence-corrected chi connectivity index (χ2v) is 9.60. The number of carbonyl (C=O) groups is 4. The highest BCUT2D eigenvalue weighted by Gasteiger charge is 2.55. The lowest BCUT2D eigenvalue weighted by molar-refractivity contribution is -0.355. The van der Waals surface area contributed by atoms with Crippen LogP contribution < -0.4 is 0 Å². The van der Waals surface area contributed by atoms with Gasteiger partial charge in [-0.15, -0.1) is 0 Å². The first kappa shape index (κ1) is 31.4. The van der Waals surface area contributed by atoms with E-state index in [1.807, 2.05) is 30.3 Å². The maximum atomic E-state index is 12.1. The summed E-state index contributed by atoms with van der Waals surface area (Å²) in [6.07, 6.45) is -12.0. The van der Waals surface area contributed by atoms with Crippen molar-refractivity contribution in [1.82, 2.24) is 0 Å². The van der Waals surface area contributed by atoms with E-state index in [9.17, 15) is 24.3 Å². The Bertz CT molecular complexity index is 1030. The maximum Gasteiger partial charge on any atom is 0.303 e. The molecule has 2 heterocycles. The molecule has 1 N–H and O–H groups in total. The Morgan fingerprint density at radius 3 is 1.75 bits per heavy atom. The van der Waals surface area contributed by atoms with Crippen LogP contribution in [0, 0.1) is 0 Å². The zero-order chi connectivity index (χ0) is 29.6. The molecule has 13 heteroatoms. The summed E-state index contributed by atoms with van der Waals surface area (Å²) < 4.78 is 45.5. The monoisotopic (exact) mass is 568 g/mol. The zero-order valence-corrected chi connectivity index (χ0v) is 23.2. The highest BCUT2D eigenvalue weighted by molar-refractivity contribution is 5.68. The van der Waals surface area contributed by atoms with Crippen LogP contribution >= 0.6 is 0 Å². The SMILES string of the molecule is CC(=O)OC1[C@H](O[C@@H]2C(OC(C)=O)[C@H](O)OC(C)[C@@H]2OCc2ccccc2)OC(C)[C@H](OC(C)=O)[C@@H]1OC(C)=O. The lowest BCUT2D eigenvalue weighted by atomic mass is 9.96. The van der Waals surface area contributed by atoms with Gasteiger partial charge in [-0.05, 0) is 19.4 Å². The number of ether oxygens (including phenoxy) is 8. The van der Waals surface area contributed by atoms with E-state index in [1.165, 1.54) is 6.92 Å². The molecule has 0 amide bonds. The third-order valence-electron chi connectivity index (χ3n) is 6.26. The second kappa shape index (κ2) is 14.0. The average molecular weight is 569 g/mol. The van der Waals surface area contributed by atoms with Crippen molar-refractivity contribution in [3.63, 3.8) is 0 Å². The van der Waals surface area contributed by atoms with Crippen LogP contribution in [0.4, 0.5) is 0 Å². The number of aliphatic hydroxyl groups excluding tert-OH is 1. The molecule has 0 saturated carbocycles. The molecule has 13 nitrogen and oxygen atoms in total. The topological polar surface area (TPSA) is 162 Å². The Balaban J connectivity index is 1.98. The fraction of sp³-hybridized carbons (Fsp3) is 0.630. The minimum atomic E-state index is -1.59. The molecule has 222 valence electrons. The minimum absolute atomic E-state index is 0.127. The smallest absolute Gasteiger partial charge is 0.303 e. The summed E-state index contributed by atoms with van der Waals surface area (Å²) in [5, 5.41) is 10.7. The molecule has 0 aliphatic carbocycles. The Labute approximate surface area is 231 Å². The third kappa shape index (κ3) is 8.21. The number of esters is 4. The fourth-order valence-corrected chi connectivity index (χ4v) is 4.69. The molecule has 4 unspecified atom stereocenters. The molecule has 3 rings (SSSR count). The van der Waals surface area contributed by atoms with Gasteiger partial charge in [0.15, 0.2) is 37.0 Å². The summed E-state index contributed by atoms with van der Waals surface area (Å²) in [5.41, 5.74) is 0.836. The van der Waals surface area contributed by atoms with E-state index in [2.05, 4.69) is 0 Å². The Kier molecular flexibility index (Phi) is 11.0. The molecular formula is C27H36O13. The molecule has 40 heavy (non-hydrogen) atoms. The predicted octanol–water partition coefficient (Wildman–Crippen LogP) is 1.17. The van der Waals surface area contributed by atoms with Crippen LogP contribution in [0.15, 0.2) is 30.3 Å². The molecule has 2 aliphatic rings. The summed E-state index contributed by atoms with van der Waals surface area (Å²) in [4.78, 5) is 47.8. The van der Waals surface area contributed by atoms with Gasteiger partial charge in [-0.25, -0.2) is 0 Å². The van der Waals surface area contributed by atoms with Gasteiger partial charge in [0.1, 0.15) is 12.2 Å². The fourth-order valence-electron chi connectivity index (χ4n) is 4.69. The van der Waals surface area contributed by atoms with E-state index in [1.54, 1.807) is 13.8 Å². The number of aliphatic hydroxyl groups is 1. The van der Waals surface area contributed by atoms with E-state index in [0.29, 0.717) is 0 Å². The Morgan fingerprint density at radius 1 is 0.675 bits per heavy atom. The van der Waals surface area contributed by atoms with Crippen LogP contribution in [0.5, 0.6) is 0 Å². The quantitative estimate of drug-likeness (QED) is 0.334. The van der Waals surface area contributed by atoms with Crippen molar-refractivity contribution in [1.29, 1.82) is 0 Å². The molecule has 0 bridgehead atoms. The third-order valence-corrected chi connectivity index (χ3v) is 6.26. The lowest BCUT2D eigenvalue weighted by Crippen LogP contribution is -2.65. The molecule has 2 fully saturated rings. The van der Waals surface area contributed by atoms with Gasteiger partial charge in [0.2, 0.25) is 0 Å². The maximum absolute atomic E-state index is 12.1. The number of rotatable bonds is 9. The number of carbonyl (C=O) groups excluding carboxylic acids is 4. The van der Waals surface area contributed by atoms with Gasteiger partial charge in [0.05, 0.1) is 18.8 Å². The van der Waals surface area contributed by atoms with Crippen LogP contribution in [0.25, 0.3) is 0 Å². The van der Waals surface area contributed by atoms with E-state index < -0.39 is 85.3 Å². The van der Waals surface area contributed by atoms with Crippen molar-refractivity contribution >= 4 is 23.9 Å². The Morgan fingerprint density at radius 2 is 1.18 bits per heavy atom. The van der Waals surface area contributed by atoms with Crippen molar-refractivity contribution in [3.05, 3.63) is 35.9 Å². The molecule has 2 aliphatic heterocycles. The molecule has 0 spiro atoms. The molecule has 1 aromatic carbocycles. The van der Waals surface area contributed by atoms with Gasteiger partial charge in [0.25, 0.3) is 0 Å². The van der Waals surface area contributed by atoms with Gasteiger partial charge < -0.3 is 43.0 Å². The van der Waals surface area contributed by atoms with Gasteiger partial charge in [-0.1, -0.05) is 30.3 Å². The van der Waals surface area contributed by atoms with Gasteiger partial charge >= 0.3 is 23.9 Å². The van der Waals surface area contributed by atoms with Crippen molar-refractivity contribution in [2.45, 2.75) is 110 Å². The lowest BCUT2D eigenvalue weighted by Gasteiger charge is -2.48. The zero-order valence-electron chi connectivity index (χ0n) is 23.2. The van der Waals surface area contributed by atoms with Gasteiger partial charge in [-0.3, -0.25) is 19.2 Å². The summed E-state index contributed by atoms with van der Waals surface area (Å²) in [6, 6.07) is 9.24. The van der Waals surface area contributed by atoms with Crippen LogP contribution in [0.3, 0.4) is 0 Å². The summed E-state index contributed by atoms with van der Waals surface area (Å²) in [7, 11) is 0.